The van der Waals surface area contributed by atoms with Gasteiger partial charge in [0.15, 0.2) is 0 Å². The summed E-state index contributed by atoms with van der Waals surface area (Å²) < 4.78 is 7.55. The van der Waals surface area contributed by atoms with E-state index in [0.29, 0.717) is 4.91 Å². The molecule has 3 rings (SSSR count). The summed E-state index contributed by atoms with van der Waals surface area (Å²) in [6.07, 6.45) is 1.77. The van der Waals surface area contributed by atoms with E-state index in [0.717, 1.165) is 45.1 Å². The predicted octanol–water partition coefficient (Wildman–Crippen LogP) is 3.39. The normalized spacial score (nSPS) is 15.7. The molecule has 1 N–H and O–H groups in total. The third kappa shape index (κ3) is 3.77. The molecule has 1 amide bonds. The first-order valence-electron chi connectivity index (χ1n) is 8.12. The maximum absolute atomic E-state index is 12.5. The SMILES string of the molecule is COc1ccc(-n2c(C)cc(/C=C3/SC(=S)N(CC(=O)O)C3=O)c2C)cc1. The van der Waals surface area contributed by atoms with Crippen molar-refractivity contribution in [3.63, 3.8) is 0 Å². The predicted molar refractivity (Wildman–Crippen MR) is 109 cm³/mol. The molecule has 8 heteroatoms. The van der Waals surface area contributed by atoms with Gasteiger partial charge in [-0.05, 0) is 55.8 Å². The number of thioether (sulfide) groups is 1. The first-order chi connectivity index (χ1) is 12.8. The molecule has 1 fully saturated rings. The second kappa shape index (κ2) is 7.58. The first kappa shape index (κ1) is 19.2. The van der Waals surface area contributed by atoms with Crippen molar-refractivity contribution in [3.8, 4) is 11.4 Å². The van der Waals surface area contributed by atoms with Gasteiger partial charge in [0.25, 0.3) is 5.91 Å². The van der Waals surface area contributed by atoms with Gasteiger partial charge in [0.1, 0.15) is 16.6 Å². The zero-order valence-corrected chi connectivity index (χ0v) is 16.7. The van der Waals surface area contributed by atoms with Gasteiger partial charge in [-0.3, -0.25) is 14.5 Å². The number of aryl methyl sites for hydroxylation is 1. The van der Waals surface area contributed by atoms with Crippen molar-refractivity contribution in [3.05, 3.63) is 52.2 Å². The minimum Gasteiger partial charge on any atom is -0.497 e. The van der Waals surface area contributed by atoms with Crippen molar-refractivity contribution in [1.29, 1.82) is 0 Å². The van der Waals surface area contributed by atoms with Gasteiger partial charge in [-0.25, -0.2) is 0 Å². The summed E-state index contributed by atoms with van der Waals surface area (Å²) in [5, 5.41) is 8.94. The van der Waals surface area contributed by atoms with E-state index in [1.165, 1.54) is 0 Å². The second-order valence-electron chi connectivity index (χ2n) is 6.02. The van der Waals surface area contributed by atoms with Crippen LogP contribution in [0.2, 0.25) is 0 Å². The summed E-state index contributed by atoms with van der Waals surface area (Å²) in [6, 6.07) is 9.71. The summed E-state index contributed by atoms with van der Waals surface area (Å²) >= 11 is 6.26. The van der Waals surface area contributed by atoms with E-state index in [1.807, 2.05) is 44.2 Å². The summed E-state index contributed by atoms with van der Waals surface area (Å²) in [5.74, 6) is -0.685. The molecule has 2 heterocycles. The Morgan fingerprint density at radius 2 is 1.96 bits per heavy atom. The van der Waals surface area contributed by atoms with E-state index in [-0.39, 0.29) is 10.2 Å². The molecule has 2 aromatic rings. The zero-order valence-electron chi connectivity index (χ0n) is 15.1. The number of ether oxygens (including phenoxy) is 1. The number of carbonyl (C=O) groups excluding carboxylic acids is 1. The maximum Gasteiger partial charge on any atom is 0.323 e. The van der Waals surface area contributed by atoms with Crippen LogP contribution >= 0.6 is 24.0 Å². The number of carboxylic acid groups (broad SMARTS) is 1. The molecule has 1 aromatic carbocycles. The van der Waals surface area contributed by atoms with Crippen LogP contribution in [0.15, 0.2) is 35.2 Å². The molecule has 27 heavy (non-hydrogen) atoms. The minimum atomic E-state index is -1.09. The Morgan fingerprint density at radius 1 is 1.30 bits per heavy atom. The minimum absolute atomic E-state index is 0.262. The van der Waals surface area contributed by atoms with Gasteiger partial charge in [0, 0.05) is 17.1 Å². The van der Waals surface area contributed by atoms with Crippen molar-refractivity contribution in [2.45, 2.75) is 13.8 Å². The zero-order chi connectivity index (χ0) is 19.7. The fraction of sp³-hybridized carbons (Fsp3) is 0.211. The summed E-state index contributed by atoms with van der Waals surface area (Å²) in [4.78, 5) is 24.9. The summed E-state index contributed by atoms with van der Waals surface area (Å²) in [6.45, 7) is 3.54. The van der Waals surface area contributed by atoms with E-state index in [1.54, 1.807) is 13.2 Å². The molecule has 1 aromatic heterocycles. The quantitative estimate of drug-likeness (QED) is 0.611. The fourth-order valence-corrected chi connectivity index (χ4v) is 4.22. The highest BCUT2D eigenvalue weighted by molar-refractivity contribution is 8.26. The molecule has 0 bridgehead atoms. The Labute approximate surface area is 166 Å². The average molecular weight is 402 g/mol. The molecule has 0 spiro atoms. The topological polar surface area (TPSA) is 71.8 Å². The highest BCUT2D eigenvalue weighted by Gasteiger charge is 2.33. The fourth-order valence-electron chi connectivity index (χ4n) is 2.98. The van der Waals surface area contributed by atoms with E-state index in [4.69, 9.17) is 22.1 Å². The summed E-state index contributed by atoms with van der Waals surface area (Å²) in [7, 11) is 1.62. The van der Waals surface area contributed by atoms with Crippen molar-refractivity contribution in [2.75, 3.05) is 13.7 Å². The Hall–Kier alpha value is -2.58. The van der Waals surface area contributed by atoms with E-state index in [2.05, 4.69) is 4.57 Å². The van der Waals surface area contributed by atoms with Gasteiger partial charge in [0.05, 0.1) is 12.0 Å². The molecular formula is C19H18N2O4S2. The standard InChI is InChI=1S/C19H18N2O4S2/c1-11-8-13(9-16-18(24)20(10-17(22)23)19(26)27-16)12(2)21(11)14-4-6-15(25-3)7-5-14/h4-9H,10H2,1-3H3,(H,22,23)/b16-9+. The number of aromatic nitrogens is 1. The van der Waals surface area contributed by atoms with Crippen LogP contribution in [-0.4, -0.2) is 44.4 Å². The van der Waals surface area contributed by atoms with Crippen LogP contribution in [-0.2, 0) is 9.59 Å². The van der Waals surface area contributed by atoms with Gasteiger partial charge in [-0.2, -0.15) is 0 Å². The smallest absolute Gasteiger partial charge is 0.323 e. The number of hydrogen-bond donors (Lipinski definition) is 1. The van der Waals surface area contributed by atoms with Crippen molar-refractivity contribution in [2.24, 2.45) is 0 Å². The largest absolute Gasteiger partial charge is 0.497 e. The Bertz CT molecular complexity index is 961. The lowest BCUT2D eigenvalue weighted by Gasteiger charge is -2.10. The molecule has 0 unspecified atom stereocenters. The first-order valence-corrected chi connectivity index (χ1v) is 9.35. The highest BCUT2D eigenvalue weighted by Crippen LogP contribution is 2.34. The van der Waals surface area contributed by atoms with Crippen LogP contribution in [0.4, 0.5) is 0 Å². The van der Waals surface area contributed by atoms with Crippen LogP contribution < -0.4 is 4.74 Å². The molecule has 0 radical (unpaired) electrons. The number of thiocarbonyl (C=S) groups is 1. The van der Waals surface area contributed by atoms with E-state index in [9.17, 15) is 9.59 Å². The van der Waals surface area contributed by atoms with Gasteiger partial charge in [0.2, 0.25) is 0 Å². The molecule has 0 aliphatic carbocycles. The maximum atomic E-state index is 12.5. The molecule has 1 aliphatic rings. The number of rotatable bonds is 5. The van der Waals surface area contributed by atoms with Crippen molar-refractivity contribution >= 4 is 46.3 Å². The van der Waals surface area contributed by atoms with Gasteiger partial charge < -0.3 is 14.4 Å². The Kier molecular flexibility index (Phi) is 5.38. The molecule has 6 nitrogen and oxygen atoms in total. The van der Waals surface area contributed by atoms with Crippen molar-refractivity contribution in [1.82, 2.24) is 9.47 Å². The number of carboxylic acids is 1. The molecular weight excluding hydrogens is 384 g/mol. The number of benzene rings is 1. The van der Waals surface area contributed by atoms with Crippen LogP contribution in [0.25, 0.3) is 11.8 Å². The lowest BCUT2D eigenvalue weighted by molar-refractivity contribution is -0.140. The molecule has 0 saturated carbocycles. The van der Waals surface area contributed by atoms with Crippen molar-refractivity contribution < 1.29 is 19.4 Å². The van der Waals surface area contributed by atoms with Crippen LogP contribution in [0.3, 0.4) is 0 Å². The monoisotopic (exact) mass is 402 g/mol. The van der Waals surface area contributed by atoms with Crippen LogP contribution in [0.5, 0.6) is 5.75 Å². The number of amides is 1. The third-order valence-electron chi connectivity index (χ3n) is 4.25. The number of methoxy groups -OCH3 is 1. The van der Waals surface area contributed by atoms with Gasteiger partial charge in [-0.15, -0.1) is 0 Å². The highest BCUT2D eigenvalue weighted by atomic mass is 32.2. The van der Waals surface area contributed by atoms with Crippen LogP contribution in [0, 0.1) is 13.8 Å². The van der Waals surface area contributed by atoms with E-state index < -0.39 is 12.5 Å². The van der Waals surface area contributed by atoms with E-state index >= 15 is 0 Å². The second-order valence-corrected chi connectivity index (χ2v) is 7.70. The van der Waals surface area contributed by atoms with Crippen LogP contribution in [0.1, 0.15) is 17.0 Å². The lowest BCUT2D eigenvalue weighted by atomic mass is 10.2. The lowest BCUT2D eigenvalue weighted by Crippen LogP contribution is -2.33. The number of carbonyl (C=O) groups is 2. The van der Waals surface area contributed by atoms with Gasteiger partial charge >= 0.3 is 5.97 Å². The Balaban J connectivity index is 1.95. The molecule has 1 saturated heterocycles. The Morgan fingerprint density at radius 3 is 2.56 bits per heavy atom. The van der Waals surface area contributed by atoms with Gasteiger partial charge in [-0.1, -0.05) is 24.0 Å². The number of nitrogens with zero attached hydrogens (tertiary/aromatic N) is 2. The summed E-state index contributed by atoms with van der Waals surface area (Å²) in [5.41, 5.74) is 3.87. The molecule has 1 aliphatic heterocycles. The number of aliphatic carboxylic acids is 1. The average Bonchev–Trinajstić information content (AvgIpc) is 3.05. The third-order valence-corrected chi connectivity index (χ3v) is 5.63. The number of hydrogen-bond acceptors (Lipinski definition) is 5. The molecule has 140 valence electrons. The molecule has 0 atom stereocenters.